The summed E-state index contributed by atoms with van der Waals surface area (Å²) in [5.74, 6) is -0.995. The maximum atomic E-state index is 13.8. The highest BCUT2D eigenvalue weighted by atomic mass is 79.9. The average Bonchev–Trinajstić information content (AvgIpc) is 2.58. The molecule has 2 aromatic carbocycles. The number of likely N-dealkylation sites (N-methyl/N-ethyl adjacent to an activating group) is 1. The first-order valence-corrected chi connectivity index (χ1v) is 8.62. The van der Waals surface area contributed by atoms with Crippen molar-refractivity contribution in [2.75, 3.05) is 43.4 Å². The maximum absolute atomic E-state index is 13.8. The van der Waals surface area contributed by atoms with Crippen molar-refractivity contribution >= 4 is 33.2 Å². The van der Waals surface area contributed by atoms with Gasteiger partial charge in [-0.05, 0) is 49.5 Å². The number of nitrogens with one attached hydrogen (secondary N) is 1. The highest BCUT2D eigenvalue weighted by Gasteiger charge is 2.15. The number of hydrogen-bond acceptors (Lipinski definition) is 3. The van der Waals surface area contributed by atoms with Crippen molar-refractivity contribution in [2.45, 2.75) is 0 Å². The quantitative estimate of drug-likeness (QED) is 0.867. The predicted octanol–water partition coefficient (Wildman–Crippen LogP) is 3.59. The lowest BCUT2D eigenvalue weighted by atomic mass is 10.2. The van der Waals surface area contributed by atoms with E-state index >= 15 is 0 Å². The van der Waals surface area contributed by atoms with Crippen LogP contribution in [0.4, 0.5) is 15.8 Å². The molecule has 2 aromatic rings. The van der Waals surface area contributed by atoms with Crippen molar-refractivity contribution in [3.63, 3.8) is 0 Å². The average molecular weight is 392 g/mol. The van der Waals surface area contributed by atoms with Crippen LogP contribution in [-0.2, 0) is 0 Å². The van der Waals surface area contributed by atoms with Gasteiger partial charge in [-0.1, -0.05) is 15.9 Å². The fourth-order valence-corrected chi connectivity index (χ4v) is 3.05. The molecule has 0 unspecified atom stereocenters. The van der Waals surface area contributed by atoms with Crippen molar-refractivity contribution in [3.05, 3.63) is 58.3 Å². The normalized spacial score (nSPS) is 15.4. The Hall–Kier alpha value is -1.92. The highest BCUT2D eigenvalue weighted by Crippen LogP contribution is 2.21. The molecule has 1 aliphatic heterocycles. The summed E-state index contributed by atoms with van der Waals surface area (Å²) in [5.41, 5.74) is 1.81. The molecule has 1 saturated heterocycles. The number of piperazine rings is 1. The van der Waals surface area contributed by atoms with Gasteiger partial charge in [0.05, 0.1) is 5.56 Å². The second-order valence-corrected chi connectivity index (χ2v) is 6.83. The van der Waals surface area contributed by atoms with E-state index in [0.717, 1.165) is 31.9 Å². The van der Waals surface area contributed by atoms with E-state index in [1.165, 1.54) is 12.1 Å². The number of halogens is 2. The Morgan fingerprint density at radius 1 is 1.08 bits per heavy atom. The SMILES string of the molecule is CN1CCN(c2ccc(NC(=O)c3cc(Br)ccc3F)cc2)CC1. The molecule has 24 heavy (non-hydrogen) atoms. The minimum Gasteiger partial charge on any atom is -0.369 e. The third-order valence-electron chi connectivity index (χ3n) is 4.17. The van der Waals surface area contributed by atoms with Gasteiger partial charge in [0.15, 0.2) is 0 Å². The Morgan fingerprint density at radius 2 is 1.75 bits per heavy atom. The van der Waals surface area contributed by atoms with E-state index < -0.39 is 11.7 Å². The van der Waals surface area contributed by atoms with Crippen LogP contribution in [0.15, 0.2) is 46.9 Å². The van der Waals surface area contributed by atoms with Crippen molar-refractivity contribution in [2.24, 2.45) is 0 Å². The molecule has 1 N–H and O–H groups in total. The standard InChI is InChI=1S/C18H19BrFN3O/c1-22-8-10-23(11-9-22)15-5-3-14(4-6-15)21-18(24)16-12-13(19)2-7-17(16)20/h2-7,12H,8-11H2,1H3,(H,21,24). The molecule has 0 atom stereocenters. The summed E-state index contributed by atoms with van der Waals surface area (Å²) in [6.45, 7) is 4.07. The van der Waals surface area contributed by atoms with Crippen LogP contribution in [0, 0.1) is 5.82 Å². The molecule has 0 radical (unpaired) electrons. The zero-order valence-corrected chi connectivity index (χ0v) is 15.0. The Kier molecular flexibility index (Phi) is 5.16. The Labute approximate surface area is 149 Å². The van der Waals surface area contributed by atoms with Crippen molar-refractivity contribution in [1.29, 1.82) is 0 Å². The second kappa shape index (κ2) is 7.32. The molecule has 1 aliphatic rings. The van der Waals surface area contributed by atoms with Crippen LogP contribution in [0.3, 0.4) is 0 Å². The van der Waals surface area contributed by atoms with Gasteiger partial charge in [0.1, 0.15) is 5.82 Å². The molecule has 0 bridgehead atoms. The number of hydrogen-bond donors (Lipinski definition) is 1. The summed E-state index contributed by atoms with van der Waals surface area (Å²) in [6.07, 6.45) is 0. The summed E-state index contributed by atoms with van der Waals surface area (Å²) in [7, 11) is 2.12. The third kappa shape index (κ3) is 3.94. The van der Waals surface area contributed by atoms with Crippen LogP contribution in [-0.4, -0.2) is 44.0 Å². The Balaban J connectivity index is 1.68. The molecule has 0 saturated carbocycles. The number of benzene rings is 2. The monoisotopic (exact) mass is 391 g/mol. The molecule has 3 rings (SSSR count). The summed E-state index contributed by atoms with van der Waals surface area (Å²) < 4.78 is 14.4. The smallest absolute Gasteiger partial charge is 0.258 e. The number of amides is 1. The van der Waals surface area contributed by atoms with Crippen LogP contribution < -0.4 is 10.2 Å². The number of nitrogens with zero attached hydrogens (tertiary/aromatic N) is 2. The summed E-state index contributed by atoms with van der Waals surface area (Å²) in [6, 6.07) is 12.0. The molecule has 4 nitrogen and oxygen atoms in total. The molecular weight excluding hydrogens is 373 g/mol. The second-order valence-electron chi connectivity index (χ2n) is 5.92. The van der Waals surface area contributed by atoms with E-state index in [1.54, 1.807) is 6.07 Å². The molecule has 0 aromatic heterocycles. The highest BCUT2D eigenvalue weighted by molar-refractivity contribution is 9.10. The van der Waals surface area contributed by atoms with Crippen molar-refractivity contribution < 1.29 is 9.18 Å². The summed E-state index contributed by atoms with van der Waals surface area (Å²) in [5, 5.41) is 2.74. The lowest BCUT2D eigenvalue weighted by Crippen LogP contribution is -2.44. The van der Waals surface area contributed by atoms with Gasteiger partial charge in [-0.25, -0.2) is 4.39 Å². The summed E-state index contributed by atoms with van der Waals surface area (Å²) in [4.78, 5) is 16.8. The fraction of sp³-hybridized carbons (Fsp3) is 0.278. The van der Waals surface area contributed by atoms with E-state index in [4.69, 9.17) is 0 Å². The van der Waals surface area contributed by atoms with Gasteiger partial charge in [-0.15, -0.1) is 0 Å². The van der Waals surface area contributed by atoms with Crippen LogP contribution in [0.1, 0.15) is 10.4 Å². The van der Waals surface area contributed by atoms with E-state index in [-0.39, 0.29) is 5.56 Å². The van der Waals surface area contributed by atoms with Crippen LogP contribution in [0.25, 0.3) is 0 Å². The molecular formula is C18H19BrFN3O. The molecule has 1 fully saturated rings. The maximum Gasteiger partial charge on any atom is 0.258 e. The minimum atomic E-state index is -0.537. The topological polar surface area (TPSA) is 35.6 Å². The van der Waals surface area contributed by atoms with Crippen molar-refractivity contribution in [1.82, 2.24) is 4.90 Å². The Bertz CT molecular complexity index is 728. The zero-order chi connectivity index (χ0) is 17.1. The van der Waals surface area contributed by atoms with Crippen LogP contribution >= 0.6 is 15.9 Å². The van der Waals surface area contributed by atoms with Gasteiger partial charge >= 0.3 is 0 Å². The molecule has 126 valence electrons. The van der Waals surface area contributed by atoms with Crippen LogP contribution in [0.2, 0.25) is 0 Å². The van der Waals surface area contributed by atoms with Gasteiger partial charge < -0.3 is 15.1 Å². The minimum absolute atomic E-state index is 0.0209. The molecule has 6 heteroatoms. The van der Waals surface area contributed by atoms with Gasteiger partial charge in [-0.3, -0.25) is 4.79 Å². The number of carbonyl (C=O) groups excluding carboxylic acids is 1. The zero-order valence-electron chi connectivity index (χ0n) is 13.4. The first kappa shape index (κ1) is 16.9. The lowest BCUT2D eigenvalue weighted by molar-refractivity contribution is 0.102. The van der Waals surface area contributed by atoms with Gasteiger partial charge in [0, 0.05) is 42.0 Å². The van der Waals surface area contributed by atoms with Crippen LogP contribution in [0.5, 0.6) is 0 Å². The van der Waals surface area contributed by atoms with E-state index in [1.807, 2.05) is 24.3 Å². The Morgan fingerprint density at radius 3 is 2.42 bits per heavy atom. The molecule has 1 amide bonds. The van der Waals surface area contributed by atoms with Gasteiger partial charge in [0.2, 0.25) is 0 Å². The van der Waals surface area contributed by atoms with Gasteiger partial charge in [0.25, 0.3) is 5.91 Å². The van der Waals surface area contributed by atoms with Gasteiger partial charge in [-0.2, -0.15) is 0 Å². The first-order chi connectivity index (χ1) is 11.5. The number of carbonyl (C=O) groups is 1. The molecule has 1 heterocycles. The predicted molar refractivity (Wildman–Crippen MR) is 98.2 cm³/mol. The third-order valence-corrected chi connectivity index (χ3v) is 4.66. The largest absolute Gasteiger partial charge is 0.369 e. The first-order valence-electron chi connectivity index (χ1n) is 7.83. The lowest BCUT2D eigenvalue weighted by Gasteiger charge is -2.34. The summed E-state index contributed by atoms with van der Waals surface area (Å²) >= 11 is 3.25. The molecule has 0 aliphatic carbocycles. The number of rotatable bonds is 3. The van der Waals surface area contributed by atoms with E-state index in [9.17, 15) is 9.18 Å². The van der Waals surface area contributed by atoms with E-state index in [0.29, 0.717) is 10.2 Å². The number of anilines is 2. The molecule has 0 spiro atoms. The van der Waals surface area contributed by atoms with E-state index in [2.05, 4.69) is 38.1 Å². The van der Waals surface area contributed by atoms with Crippen molar-refractivity contribution in [3.8, 4) is 0 Å². The fourth-order valence-electron chi connectivity index (χ4n) is 2.69.